The second-order valence-electron chi connectivity index (χ2n) is 4.55. The lowest BCUT2D eigenvalue weighted by Crippen LogP contribution is -2.29. The first-order chi connectivity index (χ1) is 9.48. The van der Waals surface area contributed by atoms with E-state index in [9.17, 15) is 8.42 Å². The van der Waals surface area contributed by atoms with Crippen LogP contribution in [-0.2, 0) is 10.0 Å². The predicted octanol–water partition coefficient (Wildman–Crippen LogP) is 2.42. The molecule has 1 rings (SSSR count). The van der Waals surface area contributed by atoms with Crippen molar-refractivity contribution in [2.24, 2.45) is 5.92 Å². The first-order valence-corrected chi connectivity index (χ1v) is 8.18. The number of sulfonamides is 1. The van der Waals surface area contributed by atoms with Gasteiger partial charge in [-0.1, -0.05) is 26.7 Å². The van der Waals surface area contributed by atoms with Gasteiger partial charge in [0, 0.05) is 12.6 Å². The van der Waals surface area contributed by atoms with E-state index in [1.54, 1.807) is 12.1 Å². The van der Waals surface area contributed by atoms with Gasteiger partial charge in [0.15, 0.2) is 0 Å². The van der Waals surface area contributed by atoms with Gasteiger partial charge in [0.2, 0.25) is 10.0 Å². The third-order valence-electron chi connectivity index (χ3n) is 3.38. The Morgan fingerprint density at radius 3 is 2.30 bits per heavy atom. The molecule has 20 heavy (non-hydrogen) atoms. The van der Waals surface area contributed by atoms with E-state index in [-0.39, 0.29) is 10.6 Å². The molecule has 5 nitrogen and oxygen atoms in total. The zero-order valence-electron chi connectivity index (χ0n) is 12.5. The summed E-state index contributed by atoms with van der Waals surface area (Å²) in [5.41, 5.74) is 0. The van der Waals surface area contributed by atoms with Crippen LogP contribution in [-0.4, -0.2) is 29.2 Å². The number of rotatable bonds is 8. The highest BCUT2D eigenvalue weighted by Crippen LogP contribution is 2.28. The van der Waals surface area contributed by atoms with Gasteiger partial charge in [-0.15, -0.1) is 0 Å². The van der Waals surface area contributed by atoms with Gasteiger partial charge >= 0.3 is 0 Å². The van der Waals surface area contributed by atoms with Crippen LogP contribution < -0.4 is 14.2 Å². The maximum absolute atomic E-state index is 12.3. The molecule has 0 amide bonds. The lowest BCUT2D eigenvalue weighted by Gasteiger charge is -2.15. The Balaban J connectivity index is 2.97. The molecule has 0 fully saturated rings. The maximum Gasteiger partial charge on any atom is 0.244 e. The van der Waals surface area contributed by atoms with E-state index in [1.165, 1.54) is 20.3 Å². The van der Waals surface area contributed by atoms with E-state index in [1.807, 2.05) is 0 Å². The number of benzene rings is 1. The van der Waals surface area contributed by atoms with E-state index in [0.29, 0.717) is 18.2 Å². The van der Waals surface area contributed by atoms with Crippen LogP contribution in [0.1, 0.15) is 26.7 Å². The smallest absolute Gasteiger partial charge is 0.244 e. The molecule has 0 aliphatic rings. The van der Waals surface area contributed by atoms with Crippen molar-refractivity contribution in [1.29, 1.82) is 0 Å². The molecule has 1 aromatic carbocycles. The highest BCUT2D eigenvalue weighted by atomic mass is 32.2. The van der Waals surface area contributed by atoms with Crippen LogP contribution in [0.2, 0.25) is 0 Å². The Hall–Kier alpha value is -1.27. The average molecular weight is 301 g/mol. The summed E-state index contributed by atoms with van der Waals surface area (Å²) in [7, 11) is -0.613. The number of nitrogens with one attached hydrogen (secondary N) is 1. The molecule has 1 N–H and O–H groups in total. The van der Waals surface area contributed by atoms with Crippen LogP contribution in [0.25, 0.3) is 0 Å². The molecule has 0 heterocycles. The Kier molecular flexibility index (Phi) is 6.29. The summed E-state index contributed by atoms with van der Waals surface area (Å²) >= 11 is 0. The van der Waals surface area contributed by atoms with Gasteiger partial charge in [0.1, 0.15) is 16.4 Å². The molecule has 0 radical (unpaired) electrons. The van der Waals surface area contributed by atoms with Crippen LogP contribution in [0.5, 0.6) is 11.5 Å². The van der Waals surface area contributed by atoms with Crippen molar-refractivity contribution in [2.75, 3.05) is 20.8 Å². The van der Waals surface area contributed by atoms with Crippen LogP contribution in [0.4, 0.5) is 0 Å². The van der Waals surface area contributed by atoms with E-state index in [4.69, 9.17) is 9.47 Å². The second-order valence-corrected chi connectivity index (χ2v) is 6.29. The zero-order valence-corrected chi connectivity index (χ0v) is 13.3. The van der Waals surface area contributed by atoms with Crippen molar-refractivity contribution in [3.63, 3.8) is 0 Å². The Bertz CT molecular complexity index is 524. The quantitative estimate of drug-likeness (QED) is 0.801. The zero-order chi connectivity index (χ0) is 15.2. The largest absolute Gasteiger partial charge is 0.497 e. The van der Waals surface area contributed by atoms with Gasteiger partial charge in [-0.2, -0.15) is 0 Å². The average Bonchev–Trinajstić information content (AvgIpc) is 2.47. The molecule has 1 aromatic rings. The molecule has 114 valence electrons. The first kappa shape index (κ1) is 16.8. The summed E-state index contributed by atoms with van der Waals surface area (Å²) in [6.07, 6.45) is 1.89. The summed E-state index contributed by atoms with van der Waals surface area (Å²) in [5, 5.41) is 0. The Morgan fingerprint density at radius 2 is 1.80 bits per heavy atom. The van der Waals surface area contributed by atoms with Crippen molar-refractivity contribution in [2.45, 2.75) is 31.6 Å². The third kappa shape index (κ3) is 4.11. The Morgan fingerprint density at radius 1 is 1.15 bits per heavy atom. The number of hydrogen-bond acceptors (Lipinski definition) is 4. The van der Waals surface area contributed by atoms with Gasteiger partial charge < -0.3 is 9.47 Å². The van der Waals surface area contributed by atoms with Crippen molar-refractivity contribution >= 4 is 10.0 Å². The van der Waals surface area contributed by atoms with Crippen LogP contribution >= 0.6 is 0 Å². The van der Waals surface area contributed by atoms with Crippen LogP contribution in [0.15, 0.2) is 23.1 Å². The lowest BCUT2D eigenvalue weighted by molar-refractivity contribution is 0.385. The fourth-order valence-electron chi connectivity index (χ4n) is 1.88. The van der Waals surface area contributed by atoms with Crippen LogP contribution in [0, 0.1) is 5.92 Å². The summed E-state index contributed by atoms with van der Waals surface area (Å²) in [4.78, 5) is 0.131. The molecular weight excluding hydrogens is 278 g/mol. The summed E-state index contributed by atoms with van der Waals surface area (Å²) in [6.45, 7) is 4.54. The fourth-order valence-corrected chi connectivity index (χ4v) is 3.14. The van der Waals surface area contributed by atoms with Crippen LogP contribution in [0.3, 0.4) is 0 Å². The van der Waals surface area contributed by atoms with E-state index < -0.39 is 10.0 Å². The standard InChI is InChI=1S/C14H23NO4S/c1-5-11(6-2)10-15-20(16,17)14-8-7-12(18-3)9-13(14)19-4/h7-9,11,15H,5-6,10H2,1-4H3. The minimum absolute atomic E-state index is 0.131. The summed E-state index contributed by atoms with van der Waals surface area (Å²) < 4.78 is 37.5. The Labute approximate surface area is 121 Å². The van der Waals surface area contributed by atoms with Gasteiger partial charge in [-0.05, 0) is 18.1 Å². The molecule has 0 aliphatic heterocycles. The first-order valence-electron chi connectivity index (χ1n) is 6.70. The second kappa shape index (κ2) is 7.50. The SMILES string of the molecule is CCC(CC)CNS(=O)(=O)c1ccc(OC)cc1OC. The lowest BCUT2D eigenvalue weighted by atomic mass is 10.0. The van der Waals surface area contributed by atoms with Crippen molar-refractivity contribution in [3.8, 4) is 11.5 Å². The number of ether oxygens (including phenoxy) is 2. The van der Waals surface area contributed by atoms with E-state index in [2.05, 4.69) is 18.6 Å². The molecule has 0 spiro atoms. The monoisotopic (exact) mass is 301 g/mol. The highest BCUT2D eigenvalue weighted by molar-refractivity contribution is 7.89. The third-order valence-corrected chi connectivity index (χ3v) is 4.84. The number of hydrogen-bond donors (Lipinski definition) is 1. The number of methoxy groups -OCH3 is 2. The molecule has 0 atom stereocenters. The summed E-state index contributed by atoms with van der Waals surface area (Å²) in [6, 6.07) is 4.66. The minimum atomic E-state index is -3.57. The summed E-state index contributed by atoms with van der Waals surface area (Å²) in [5.74, 6) is 1.18. The highest BCUT2D eigenvalue weighted by Gasteiger charge is 2.20. The maximum atomic E-state index is 12.3. The molecule has 0 unspecified atom stereocenters. The molecular formula is C14H23NO4S. The van der Waals surface area contributed by atoms with Gasteiger partial charge in [-0.3, -0.25) is 0 Å². The molecule has 6 heteroatoms. The van der Waals surface area contributed by atoms with Gasteiger partial charge in [0.25, 0.3) is 0 Å². The van der Waals surface area contributed by atoms with Crippen molar-refractivity contribution in [3.05, 3.63) is 18.2 Å². The van der Waals surface area contributed by atoms with E-state index >= 15 is 0 Å². The topological polar surface area (TPSA) is 64.6 Å². The van der Waals surface area contributed by atoms with Gasteiger partial charge in [-0.25, -0.2) is 13.1 Å². The molecule has 0 aromatic heterocycles. The fraction of sp³-hybridized carbons (Fsp3) is 0.571. The van der Waals surface area contributed by atoms with Gasteiger partial charge in [0.05, 0.1) is 14.2 Å². The molecule has 0 bridgehead atoms. The molecule has 0 aliphatic carbocycles. The molecule has 0 saturated heterocycles. The van der Waals surface area contributed by atoms with E-state index in [0.717, 1.165) is 12.8 Å². The normalized spacial score (nSPS) is 11.7. The molecule has 0 saturated carbocycles. The van der Waals surface area contributed by atoms with Crippen molar-refractivity contribution in [1.82, 2.24) is 4.72 Å². The minimum Gasteiger partial charge on any atom is -0.497 e. The predicted molar refractivity (Wildman–Crippen MR) is 78.8 cm³/mol. The van der Waals surface area contributed by atoms with Crippen molar-refractivity contribution < 1.29 is 17.9 Å².